The molecule has 0 amide bonds. The number of hydrogen-bond donors (Lipinski definition) is 2. The Morgan fingerprint density at radius 2 is 1.93 bits per heavy atom. The van der Waals surface area contributed by atoms with Crippen LogP contribution in [0.3, 0.4) is 0 Å². The Morgan fingerprint density at radius 1 is 1.47 bits per heavy atom. The summed E-state index contributed by atoms with van der Waals surface area (Å²) in [4.78, 5) is 27.8. The van der Waals surface area contributed by atoms with Crippen molar-refractivity contribution in [3.8, 4) is 0 Å². The molecule has 15 heavy (non-hydrogen) atoms. The maximum atomic E-state index is 11.1. The summed E-state index contributed by atoms with van der Waals surface area (Å²) in [5, 5.41) is -2.61. The zero-order valence-electron chi connectivity index (χ0n) is 7.98. The van der Waals surface area contributed by atoms with E-state index in [4.69, 9.17) is 9.79 Å². The van der Waals surface area contributed by atoms with Gasteiger partial charge >= 0.3 is 28.9 Å². The van der Waals surface area contributed by atoms with Crippen LogP contribution >= 0.6 is 7.60 Å². The summed E-state index contributed by atoms with van der Waals surface area (Å²) in [5.41, 5.74) is 0. The SMILES string of the molecule is CCOS(=O)(=O)C(OC(C)=O)P(=O)(O)O. The van der Waals surface area contributed by atoms with E-state index < -0.39 is 28.9 Å². The second-order valence-corrected chi connectivity index (χ2v) is 6.05. The van der Waals surface area contributed by atoms with Crippen LogP contribution in [0.15, 0.2) is 0 Å². The molecule has 0 saturated carbocycles. The first-order chi connectivity index (χ1) is 6.61. The molecule has 0 heterocycles. The van der Waals surface area contributed by atoms with E-state index >= 15 is 0 Å². The second kappa shape index (κ2) is 5.04. The summed E-state index contributed by atoms with van der Waals surface area (Å²) in [6.07, 6.45) is 0. The van der Waals surface area contributed by atoms with Crippen LogP contribution in [0.25, 0.3) is 0 Å². The first-order valence-corrected chi connectivity index (χ1v) is 6.87. The Kier molecular flexibility index (Phi) is 4.88. The molecule has 0 aliphatic rings. The van der Waals surface area contributed by atoms with Crippen LogP contribution in [0.4, 0.5) is 0 Å². The van der Waals surface area contributed by atoms with Crippen molar-refractivity contribution < 1.29 is 36.5 Å². The fourth-order valence-electron chi connectivity index (χ4n) is 0.660. The third-order valence-corrected chi connectivity index (χ3v) is 4.48. The van der Waals surface area contributed by atoms with Gasteiger partial charge in [0.05, 0.1) is 6.61 Å². The van der Waals surface area contributed by atoms with Crippen LogP contribution in [0.5, 0.6) is 0 Å². The molecule has 0 aromatic rings. The maximum absolute atomic E-state index is 11.1. The predicted octanol–water partition coefficient (Wildman–Crippen LogP) is -0.623. The molecule has 1 unspecified atom stereocenters. The molecule has 0 aliphatic carbocycles. The lowest BCUT2D eigenvalue weighted by molar-refractivity contribution is -0.141. The Morgan fingerprint density at radius 3 is 2.20 bits per heavy atom. The third kappa shape index (κ3) is 4.72. The van der Waals surface area contributed by atoms with E-state index in [1.165, 1.54) is 6.92 Å². The average Bonchev–Trinajstić information content (AvgIpc) is 1.97. The highest BCUT2D eigenvalue weighted by atomic mass is 32.2. The van der Waals surface area contributed by atoms with Crippen molar-refractivity contribution in [1.29, 1.82) is 0 Å². The molecular weight excluding hydrogens is 251 g/mol. The topological polar surface area (TPSA) is 127 Å². The Labute approximate surface area is 86.5 Å². The first kappa shape index (κ1) is 14.5. The molecule has 0 bridgehead atoms. The fraction of sp³-hybridized carbons (Fsp3) is 0.800. The van der Waals surface area contributed by atoms with Crippen LogP contribution < -0.4 is 0 Å². The smallest absolute Gasteiger partial charge is 0.384 e. The van der Waals surface area contributed by atoms with E-state index in [0.717, 1.165) is 6.92 Å². The molecule has 0 rings (SSSR count). The van der Waals surface area contributed by atoms with Crippen molar-refractivity contribution in [3.05, 3.63) is 0 Å². The van der Waals surface area contributed by atoms with Gasteiger partial charge in [0.1, 0.15) is 0 Å². The summed E-state index contributed by atoms with van der Waals surface area (Å²) >= 11 is 0. The molecule has 0 spiro atoms. The molecule has 0 aromatic carbocycles. The van der Waals surface area contributed by atoms with E-state index in [1.807, 2.05) is 0 Å². The van der Waals surface area contributed by atoms with Crippen LogP contribution in [0.1, 0.15) is 13.8 Å². The molecule has 0 fully saturated rings. The molecule has 10 heteroatoms. The monoisotopic (exact) mass is 262 g/mol. The standard InChI is InChI=1S/C5H11O8PS/c1-3-12-15(10,11)5(13-4(2)6)14(7,8)9/h5H,3H2,1-2H3,(H2,7,8,9). The van der Waals surface area contributed by atoms with Gasteiger partial charge in [-0.2, -0.15) is 8.42 Å². The van der Waals surface area contributed by atoms with Gasteiger partial charge in [0.2, 0.25) is 0 Å². The minimum absolute atomic E-state index is 0.319. The lowest BCUT2D eigenvalue weighted by atomic mass is 10.8. The minimum atomic E-state index is -5.14. The first-order valence-electron chi connectivity index (χ1n) is 3.72. The molecular formula is C5H11O8PS. The molecule has 0 saturated heterocycles. The third-order valence-electron chi connectivity index (χ3n) is 1.07. The molecule has 90 valence electrons. The summed E-state index contributed by atoms with van der Waals surface area (Å²) in [6.45, 7) is 1.81. The van der Waals surface area contributed by atoms with Gasteiger partial charge in [0.15, 0.2) is 0 Å². The van der Waals surface area contributed by atoms with Gasteiger partial charge in [-0.25, -0.2) is 0 Å². The average molecular weight is 262 g/mol. The van der Waals surface area contributed by atoms with E-state index in [1.54, 1.807) is 0 Å². The van der Waals surface area contributed by atoms with E-state index in [0.29, 0.717) is 0 Å². The second-order valence-electron chi connectivity index (χ2n) is 2.40. The van der Waals surface area contributed by atoms with Gasteiger partial charge in [-0.1, -0.05) is 0 Å². The number of carbonyl (C=O) groups excluding carboxylic acids is 1. The summed E-state index contributed by atoms with van der Waals surface area (Å²) in [7, 11) is -9.77. The molecule has 0 aliphatic heterocycles. The lowest BCUT2D eigenvalue weighted by Gasteiger charge is -2.17. The molecule has 1 atom stereocenters. The van der Waals surface area contributed by atoms with Crippen LogP contribution in [-0.2, 0) is 28.4 Å². The normalized spacial score (nSPS) is 14.7. The largest absolute Gasteiger partial charge is 0.430 e. The number of ether oxygens (including phenoxy) is 1. The number of esters is 1. The van der Waals surface area contributed by atoms with Gasteiger partial charge in [0, 0.05) is 6.92 Å². The molecule has 0 radical (unpaired) electrons. The van der Waals surface area contributed by atoms with Gasteiger partial charge in [-0.15, -0.1) is 0 Å². The Hall–Kier alpha value is -0.470. The summed E-state index contributed by atoms with van der Waals surface area (Å²) in [5.74, 6) is -1.13. The molecule has 8 nitrogen and oxygen atoms in total. The van der Waals surface area contributed by atoms with Gasteiger partial charge in [-0.05, 0) is 6.92 Å². The summed E-state index contributed by atoms with van der Waals surface area (Å²) < 4.78 is 41.1. The molecule has 2 N–H and O–H groups in total. The van der Waals surface area contributed by atoms with Gasteiger partial charge in [-0.3, -0.25) is 13.5 Å². The Balaban J connectivity index is 5.13. The van der Waals surface area contributed by atoms with E-state index in [9.17, 15) is 17.8 Å². The summed E-state index contributed by atoms with van der Waals surface area (Å²) in [6, 6.07) is 0. The van der Waals surface area contributed by atoms with Crippen LogP contribution in [-0.4, -0.2) is 36.0 Å². The molecule has 0 aromatic heterocycles. The van der Waals surface area contributed by atoms with E-state index in [2.05, 4.69) is 8.92 Å². The highest BCUT2D eigenvalue weighted by Crippen LogP contribution is 2.45. The van der Waals surface area contributed by atoms with Crippen molar-refractivity contribution in [2.75, 3.05) is 6.61 Å². The highest BCUT2D eigenvalue weighted by Gasteiger charge is 2.44. The van der Waals surface area contributed by atoms with Crippen molar-refractivity contribution in [1.82, 2.24) is 0 Å². The van der Waals surface area contributed by atoms with Crippen LogP contribution in [0.2, 0.25) is 0 Å². The zero-order valence-corrected chi connectivity index (χ0v) is 9.69. The zero-order chi connectivity index (χ0) is 12.3. The number of carbonyl (C=O) groups is 1. The van der Waals surface area contributed by atoms with Crippen molar-refractivity contribution in [3.63, 3.8) is 0 Å². The van der Waals surface area contributed by atoms with Gasteiger partial charge in [0.25, 0.3) is 0 Å². The van der Waals surface area contributed by atoms with Crippen molar-refractivity contribution >= 4 is 23.7 Å². The number of hydrogen-bond acceptors (Lipinski definition) is 6. The highest BCUT2D eigenvalue weighted by molar-refractivity contribution is 7.94. The van der Waals surface area contributed by atoms with Crippen molar-refractivity contribution in [2.24, 2.45) is 0 Å². The fourth-order valence-corrected chi connectivity index (χ4v) is 3.17. The van der Waals surface area contributed by atoms with Crippen molar-refractivity contribution in [2.45, 2.75) is 19.0 Å². The number of rotatable bonds is 5. The minimum Gasteiger partial charge on any atom is -0.430 e. The van der Waals surface area contributed by atoms with Crippen LogP contribution in [0, 0.1) is 0 Å². The van der Waals surface area contributed by atoms with Gasteiger partial charge < -0.3 is 14.5 Å². The quantitative estimate of drug-likeness (QED) is 0.381. The Bertz CT molecular complexity index is 366. The van der Waals surface area contributed by atoms with E-state index in [-0.39, 0.29) is 6.61 Å². The maximum Gasteiger partial charge on any atom is 0.384 e. The lowest BCUT2D eigenvalue weighted by Crippen LogP contribution is -2.28. The predicted molar refractivity (Wildman–Crippen MR) is 48.1 cm³/mol.